The Morgan fingerprint density at radius 1 is 1.37 bits per heavy atom. The van der Waals surface area contributed by atoms with Crippen molar-refractivity contribution in [3.05, 3.63) is 35.1 Å². The van der Waals surface area contributed by atoms with E-state index in [9.17, 15) is 4.79 Å². The third-order valence-electron chi connectivity index (χ3n) is 2.99. The highest BCUT2D eigenvalue weighted by Crippen LogP contribution is 2.37. The summed E-state index contributed by atoms with van der Waals surface area (Å²) in [7, 11) is 1.70. The van der Waals surface area contributed by atoms with Gasteiger partial charge in [0.05, 0.1) is 17.4 Å². The largest absolute Gasteiger partial charge is 0.318 e. The summed E-state index contributed by atoms with van der Waals surface area (Å²) in [5.74, 6) is 0.998. The Bertz CT molecular complexity index is 618. The van der Waals surface area contributed by atoms with Gasteiger partial charge in [-0.1, -0.05) is 11.6 Å². The van der Waals surface area contributed by atoms with E-state index in [1.807, 2.05) is 0 Å². The Labute approximate surface area is 114 Å². The second-order valence-corrected chi connectivity index (χ2v) is 4.89. The van der Waals surface area contributed by atoms with Gasteiger partial charge >= 0.3 is 0 Å². The van der Waals surface area contributed by atoms with Gasteiger partial charge in [-0.05, 0) is 12.8 Å². The zero-order valence-corrected chi connectivity index (χ0v) is 11.1. The average molecular weight is 278 g/mol. The molecule has 1 fully saturated rings. The molecule has 3 rings (SSSR count). The lowest BCUT2D eigenvalue weighted by Gasteiger charge is -2.03. The molecule has 1 aliphatic carbocycles. The molecule has 19 heavy (non-hydrogen) atoms. The van der Waals surface area contributed by atoms with E-state index in [0.29, 0.717) is 22.3 Å². The molecule has 1 saturated carbocycles. The fraction of sp³-hybridized carbons (Fsp3) is 0.333. The summed E-state index contributed by atoms with van der Waals surface area (Å²) in [6, 6.07) is 0. The molecule has 0 radical (unpaired) electrons. The zero-order chi connectivity index (χ0) is 13.4. The second-order valence-electron chi connectivity index (χ2n) is 4.53. The minimum Gasteiger partial charge on any atom is -0.318 e. The molecule has 0 unspecified atom stereocenters. The van der Waals surface area contributed by atoms with Crippen LogP contribution in [0, 0.1) is 0 Å². The monoisotopic (exact) mass is 277 g/mol. The SMILES string of the molecule is Cn1ncc(NC(=O)c2cnc(C3CC3)nc2)c1Cl. The number of carbonyl (C=O) groups excluding carboxylic acids is 1. The average Bonchev–Trinajstić information content (AvgIpc) is 3.22. The highest BCUT2D eigenvalue weighted by Gasteiger charge is 2.26. The molecule has 6 nitrogen and oxygen atoms in total. The lowest BCUT2D eigenvalue weighted by Crippen LogP contribution is -2.13. The van der Waals surface area contributed by atoms with Gasteiger partial charge in [0.15, 0.2) is 0 Å². The Balaban J connectivity index is 1.74. The van der Waals surface area contributed by atoms with Crippen molar-refractivity contribution >= 4 is 23.2 Å². The van der Waals surface area contributed by atoms with Crippen molar-refractivity contribution in [2.75, 3.05) is 5.32 Å². The fourth-order valence-electron chi connectivity index (χ4n) is 1.71. The van der Waals surface area contributed by atoms with Crippen molar-refractivity contribution in [3.8, 4) is 0 Å². The normalized spacial score (nSPS) is 14.4. The predicted molar refractivity (Wildman–Crippen MR) is 70.2 cm³/mol. The molecule has 1 aliphatic rings. The van der Waals surface area contributed by atoms with Crippen LogP contribution in [0.2, 0.25) is 5.15 Å². The van der Waals surface area contributed by atoms with Crippen molar-refractivity contribution in [1.82, 2.24) is 19.7 Å². The molecule has 7 heteroatoms. The Morgan fingerprint density at radius 3 is 2.58 bits per heavy atom. The van der Waals surface area contributed by atoms with Gasteiger partial charge in [-0.2, -0.15) is 5.10 Å². The van der Waals surface area contributed by atoms with E-state index in [-0.39, 0.29) is 5.91 Å². The van der Waals surface area contributed by atoms with Gasteiger partial charge in [0.25, 0.3) is 5.91 Å². The topological polar surface area (TPSA) is 72.7 Å². The number of halogens is 1. The summed E-state index contributed by atoms with van der Waals surface area (Å²) in [4.78, 5) is 20.4. The van der Waals surface area contributed by atoms with E-state index in [1.54, 1.807) is 19.4 Å². The van der Waals surface area contributed by atoms with Gasteiger partial charge in [-0.15, -0.1) is 0 Å². The number of hydrogen-bond donors (Lipinski definition) is 1. The van der Waals surface area contributed by atoms with Crippen molar-refractivity contribution in [2.24, 2.45) is 7.05 Å². The molecule has 0 aromatic carbocycles. The van der Waals surface area contributed by atoms with Gasteiger partial charge in [-0.3, -0.25) is 9.48 Å². The Morgan fingerprint density at radius 2 is 2.05 bits per heavy atom. The van der Waals surface area contributed by atoms with Crippen LogP contribution < -0.4 is 5.32 Å². The summed E-state index contributed by atoms with van der Waals surface area (Å²) in [5, 5.41) is 7.00. The lowest BCUT2D eigenvalue weighted by molar-refractivity contribution is 0.102. The van der Waals surface area contributed by atoms with Crippen molar-refractivity contribution in [3.63, 3.8) is 0 Å². The quantitative estimate of drug-likeness (QED) is 0.931. The van der Waals surface area contributed by atoms with Crippen LogP contribution in [0.15, 0.2) is 18.6 Å². The first kappa shape index (κ1) is 12.1. The molecular weight excluding hydrogens is 266 g/mol. The molecule has 0 spiro atoms. The summed E-state index contributed by atoms with van der Waals surface area (Å²) < 4.78 is 1.48. The number of amides is 1. The number of anilines is 1. The minimum atomic E-state index is -0.294. The van der Waals surface area contributed by atoms with Crippen LogP contribution in [0.3, 0.4) is 0 Å². The molecule has 1 N–H and O–H groups in total. The molecule has 2 aromatic heterocycles. The van der Waals surface area contributed by atoms with Crippen molar-refractivity contribution < 1.29 is 4.79 Å². The first-order valence-electron chi connectivity index (χ1n) is 5.96. The van der Waals surface area contributed by atoms with Crippen LogP contribution >= 0.6 is 11.6 Å². The van der Waals surface area contributed by atoms with E-state index >= 15 is 0 Å². The summed E-state index contributed by atoms with van der Waals surface area (Å²) >= 11 is 5.97. The van der Waals surface area contributed by atoms with E-state index in [2.05, 4.69) is 20.4 Å². The minimum absolute atomic E-state index is 0.294. The van der Waals surface area contributed by atoms with Gasteiger partial charge < -0.3 is 5.32 Å². The van der Waals surface area contributed by atoms with Crippen LogP contribution in [-0.2, 0) is 7.05 Å². The summed E-state index contributed by atoms with van der Waals surface area (Å²) in [6.45, 7) is 0. The fourth-order valence-corrected chi connectivity index (χ4v) is 1.85. The predicted octanol–water partition coefficient (Wildman–Crippen LogP) is 1.99. The molecule has 2 aromatic rings. The van der Waals surface area contributed by atoms with Gasteiger partial charge in [-0.25, -0.2) is 9.97 Å². The first-order valence-corrected chi connectivity index (χ1v) is 6.33. The molecule has 1 amide bonds. The third kappa shape index (κ3) is 2.44. The maximum Gasteiger partial charge on any atom is 0.258 e. The molecular formula is C12H12ClN5O. The number of hydrogen-bond acceptors (Lipinski definition) is 4. The summed E-state index contributed by atoms with van der Waals surface area (Å²) in [5.41, 5.74) is 0.879. The number of carbonyl (C=O) groups is 1. The number of aromatic nitrogens is 4. The maximum atomic E-state index is 12.0. The molecule has 0 atom stereocenters. The maximum absolute atomic E-state index is 12.0. The van der Waals surface area contributed by atoms with Crippen LogP contribution in [0.1, 0.15) is 34.9 Å². The van der Waals surface area contributed by atoms with Gasteiger partial charge in [0.2, 0.25) is 0 Å². The smallest absolute Gasteiger partial charge is 0.258 e. The van der Waals surface area contributed by atoms with Gasteiger partial charge in [0.1, 0.15) is 11.0 Å². The Kier molecular flexibility index (Phi) is 2.94. The lowest BCUT2D eigenvalue weighted by atomic mass is 10.3. The van der Waals surface area contributed by atoms with E-state index in [0.717, 1.165) is 18.7 Å². The first-order chi connectivity index (χ1) is 9.15. The molecule has 0 saturated heterocycles. The molecule has 0 bridgehead atoms. The van der Waals surface area contributed by atoms with Crippen molar-refractivity contribution in [2.45, 2.75) is 18.8 Å². The molecule has 98 valence electrons. The molecule has 2 heterocycles. The van der Waals surface area contributed by atoms with Crippen molar-refractivity contribution in [1.29, 1.82) is 0 Å². The van der Waals surface area contributed by atoms with E-state index < -0.39 is 0 Å². The van der Waals surface area contributed by atoms with Crippen LogP contribution in [0.4, 0.5) is 5.69 Å². The number of nitrogens with one attached hydrogen (secondary N) is 1. The highest BCUT2D eigenvalue weighted by atomic mass is 35.5. The molecule has 0 aliphatic heterocycles. The standard InChI is InChI=1S/C12H12ClN5O/c1-18-10(13)9(6-16-18)17-12(19)8-4-14-11(15-5-8)7-2-3-7/h4-7H,2-3H2,1H3,(H,17,19). The second kappa shape index (κ2) is 4.62. The summed E-state index contributed by atoms with van der Waals surface area (Å²) in [6.07, 6.45) is 6.86. The number of rotatable bonds is 3. The number of aryl methyl sites for hydroxylation is 1. The number of nitrogens with zero attached hydrogens (tertiary/aromatic N) is 4. The van der Waals surface area contributed by atoms with Crippen LogP contribution in [-0.4, -0.2) is 25.7 Å². The highest BCUT2D eigenvalue weighted by molar-refractivity contribution is 6.32. The van der Waals surface area contributed by atoms with E-state index in [1.165, 1.54) is 10.9 Å². The van der Waals surface area contributed by atoms with Crippen LogP contribution in [0.5, 0.6) is 0 Å². The Hall–Kier alpha value is -1.95. The van der Waals surface area contributed by atoms with Crippen LogP contribution in [0.25, 0.3) is 0 Å². The van der Waals surface area contributed by atoms with Gasteiger partial charge in [0, 0.05) is 25.4 Å². The zero-order valence-electron chi connectivity index (χ0n) is 10.3. The third-order valence-corrected chi connectivity index (χ3v) is 3.44. The van der Waals surface area contributed by atoms with E-state index in [4.69, 9.17) is 11.6 Å².